The summed E-state index contributed by atoms with van der Waals surface area (Å²) in [6.45, 7) is 0.0362. The highest BCUT2D eigenvalue weighted by Gasteiger charge is 2.14. The Morgan fingerprint density at radius 3 is 1.41 bits per heavy atom. The van der Waals surface area contributed by atoms with Crippen LogP contribution in [0.15, 0.2) is 94.7 Å². The van der Waals surface area contributed by atoms with E-state index in [1.165, 1.54) is 94.4 Å². The van der Waals surface area contributed by atoms with Crippen molar-refractivity contribution in [3.05, 3.63) is 108 Å². The second-order valence-electron chi connectivity index (χ2n) is 11.7. The fourth-order valence-electron chi connectivity index (χ4n) is 4.50. The van der Waals surface area contributed by atoms with Gasteiger partial charge in [-0.1, -0.05) is 7.43 Å². The van der Waals surface area contributed by atoms with Gasteiger partial charge in [0, 0.05) is 31.7 Å². The molecule has 0 saturated heterocycles. The van der Waals surface area contributed by atoms with Crippen LogP contribution in [0.3, 0.4) is 0 Å². The number of rotatable bonds is 14. The summed E-state index contributed by atoms with van der Waals surface area (Å²) >= 11 is 0. The van der Waals surface area contributed by atoms with Gasteiger partial charge in [-0.3, -0.25) is 0 Å². The Labute approximate surface area is 338 Å². The number of sulfone groups is 2. The van der Waals surface area contributed by atoms with Crippen LogP contribution in [0.5, 0.6) is 34.5 Å². The average molecular weight is 851 g/mol. The molecule has 0 unspecified atom stereocenters. The van der Waals surface area contributed by atoms with Gasteiger partial charge in [0.15, 0.2) is 32.1 Å². The number of carboxylic acid groups (broad SMARTS) is 2. The summed E-state index contributed by atoms with van der Waals surface area (Å²) in [5, 5.41) is 41.0. The number of carboxylic acids is 2. The van der Waals surface area contributed by atoms with Gasteiger partial charge >= 0.3 is 11.9 Å². The van der Waals surface area contributed by atoms with E-state index in [0.29, 0.717) is 23.1 Å². The lowest BCUT2D eigenvalue weighted by molar-refractivity contribution is 0.0685. The Bertz CT molecular complexity index is 2630. The fourth-order valence-corrected chi connectivity index (χ4v) is 5.76. The lowest BCUT2D eigenvalue weighted by Gasteiger charge is -2.11. The van der Waals surface area contributed by atoms with Crippen LogP contribution >= 0.6 is 0 Å². The Morgan fingerprint density at radius 2 is 1.05 bits per heavy atom. The lowest BCUT2D eigenvalue weighted by atomic mass is 10.2. The van der Waals surface area contributed by atoms with Crippen LogP contribution in [0.4, 0.5) is 0 Å². The van der Waals surface area contributed by atoms with Crippen molar-refractivity contribution in [3.63, 3.8) is 0 Å². The maximum absolute atomic E-state index is 11.5. The molecule has 6 rings (SSSR count). The minimum atomic E-state index is -3.32. The first kappa shape index (κ1) is 46.0. The SMILES string of the molecule is C.C#C.Cn1nnc(COc2cc(Oc3ccc(S(C)(=O)=O)cc3)cc(C(=O)O)c2)n1.Cn1nnnc1COc1cc(Oc2ccc(S(C)(=O)=O)cc2)cc(C(=O)O)c1. The summed E-state index contributed by atoms with van der Waals surface area (Å²) in [4.78, 5) is 24.3. The maximum atomic E-state index is 11.5. The van der Waals surface area contributed by atoms with Gasteiger partial charge in [-0.05, 0) is 88.4 Å². The molecule has 2 aromatic heterocycles. The highest BCUT2D eigenvalue weighted by Crippen LogP contribution is 2.30. The molecule has 2 N–H and O–H groups in total. The lowest BCUT2D eigenvalue weighted by Crippen LogP contribution is -2.05. The maximum Gasteiger partial charge on any atom is 0.335 e. The number of aryl methyl sites for hydroxylation is 2. The molecule has 2 heterocycles. The van der Waals surface area contributed by atoms with Gasteiger partial charge in [-0.15, -0.1) is 28.1 Å². The van der Waals surface area contributed by atoms with E-state index < -0.39 is 31.6 Å². The first-order valence-corrected chi connectivity index (χ1v) is 20.0. The number of benzene rings is 4. The molecule has 0 aliphatic rings. The molecule has 0 fully saturated rings. The highest BCUT2D eigenvalue weighted by atomic mass is 32.2. The number of hydrogen-bond acceptors (Lipinski definition) is 16. The molecule has 0 spiro atoms. The van der Waals surface area contributed by atoms with Gasteiger partial charge in [0.05, 0.1) is 28.0 Å². The van der Waals surface area contributed by atoms with E-state index in [0.717, 1.165) is 12.5 Å². The minimum Gasteiger partial charge on any atom is -0.485 e. The molecule has 0 amide bonds. The van der Waals surface area contributed by atoms with E-state index >= 15 is 0 Å². The van der Waals surface area contributed by atoms with Crippen molar-refractivity contribution in [3.8, 4) is 47.3 Å². The summed E-state index contributed by atoms with van der Waals surface area (Å²) < 4.78 is 69.9. The average Bonchev–Trinajstić information content (AvgIpc) is 3.80. The van der Waals surface area contributed by atoms with Crippen molar-refractivity contribution in [2.75, 3.05) is 12.5 Å². The van der Waals surface area contributed by atoms with Gasteiger partial charge in [-0.2, -0.15) is 4.80 Å². The first-order valence-electron chi connectivity index (χ1n) is 16.2. The van der Waals surface area contributed by atoms with Gasteiger partial charge < -0.3 is 29.2 Å². The summed E-state index contributed by atoms with van der Waals surface area (Å²) in [7, 11) is -3.37. The van der Waals surface area contributed by atoms with Crippen LogP contribution in [0, 0.1) is 12.8 Å². The third-order valence-electron chi connectivity index (χ3n) is 7.22. The van der Waals surface area contributed by atoms with Gasteiger partial charge in [0.2, 0.25) is 5.82 Å². The number of carbonyl (C=O) groups is 2. The molecule has 20 nitrogen and oxygen atoms in total. The zero-order chi connectivity index (χ0) is 42.6. The standard InChI is InChI=1S/2C17H16N4O6S.C2H2.CH4/c1-21-16(18-19-20-21)10-26-13-7-11(17(22)23)8-14(9-13)27-12-3-5-15(6-4-12)28(2,24)25;1-21-19-16(18-20-21)10-26-13-7-11(17(22)23)8-14(9-13)27-12-3-5-15(6-4-12)28(2,24)25;1-2;/h2*3-9H,10H2,1-2H3,(H,22,23);1-2H;1H4. The summed E-state index contributed by atoms with van der Waals surface area (Å²) in [5.41, 5.74) is -0.0660. The van der Waals surface area contributed by atoms with Crippen LogP contribution in [0.1, 0.15) is 39.8 Å². The number of hydrogen-bond donors (Lipinski definition) is 2. The highest BCUT2D eigenvalue weighted by molar-refractivity contribution is 7.91. The molecule has 0 aliphatic heterocycles. The molecule has 0 saturated carbocycles. The van der Waals surface area contributed by atoms with E-state index in [1.54, 1.807) is 14.1 Å². The van der Waals surface area contributed by atoms with Crippen LogP contribution in [-0.2, 0) is 47.0 Å². The zero-order valence-corrected chi connectivity index (χ0v) is 32.7. The Balaban J connectivity index is 0.000000298. The molecule has 0 atom stereocenters. The van der Waals surface area contributed by atoms with Crippen molar-refractivity contribution in [1.82, 2.24) is 40.4 Å². The van der Waals surface area contributed by atoms with Crippen molar-refractivity contribution < 1.29 is 55.6 Å². The largest absolute Gasteiger partial charge is 0.485 e. The zero-order valence-electron chi connectivity index (χ0n) is 31.0. The fraction of sp³-hybridized carbons (Fsp3) is 0.189. The van der Waals surface area contributed by atoms with E-state index in [4.69, 9.17) is 18.9 Å². The van der Waals surface area contributed by atoms with Gasteiger partial charge in [-0.25, -0.2) is 31.1 Å². The number of terminal acetylenes is 1. The van der Waals surface area contributed by atoms with E-state index in [9.17, 15) is 36.6 Å². The quantitative estimate of drug-likeness (QED) is 0.145. The number of aromatic carboxylic acids is 2. The molecule has 59 heavy (non-hydrogen) atoms. The second-order valence-corrected chi connectivity index (χ2v) is 15.7. The summed E-state index contributed by atoms with van der Waals surface area (Å²) in [6, 6.07) is 19.9. The molecule has 6 aromatic rings. The molecule has 0 bridgehead atoms. The summed E-state index contributed by atoms with van der Waals surface area (Å²) in [5.74, 6) is 0.118. The predicted octanol–water partition coefficient (Wildman–Crippen LogP) is 4.25. The molecule has 310 valence electrons. The third kappa shape index (κ3) is 13.7. The van der Waals surface area contributed by atoms with E-state index in [1.807, 2.05) is 0 Å². The van der Waals surface area contributed by atoms with Crippen LogP contribution in [0.2, 0.25) is 0 Å². The first-order chi connectivity index (χ1) is 27.4. The third-order valence-corrected chi connectivity index (χ3v) is 9.48. The Hall–Kier alpha value is -7.38. The van der Waals surface area contributed by atoms with E-state index in [-0.39, 0.29) is 64.6 Å². The Morgan fingerprint density at radius 1 is 0.627 bits per heavy atom. The monoisotopic (exact) mass is 850 g/mol. The number of aromatic nitrogens is 8. The molecule has 0 aliphatic carbocycles. The van der Waals surface area contributed by atoms with Gasteiger partial charge in [0.1, 0.15) is 41.1 Å². The molecular weight excluding hydrogens is 813 g/mol. The molecule has 0 radical (unpaired) electrons. The van der Waals surface area contributed by atoms with Crippen molar-refractivity contribution in [1.29, 1.82) is 0 Å². The predicted molar refractivity (Wildman–Crippen MR) is 209 cm³/mol. The number of tetrazole rings is 2. The molecule has 22 heteroatoms. The van der Waals surface area contributed by atoms with Gasteiger partial charge in [0.25, 0.3) is 0 Å². The van der Waals surface area contributed by atoms with Crippen molar-refractivity contribution in [2.24, 2.45) is 14.1 Å². The minimum absolute atomic E-state index is 0. The normalized spacial score (nSPS) is 10.7. The number of nitrogens with zero attached hydrogens (tertiary/aromatic N) is 8. The van der Waals surface area contributed by atoms with Crippen LogP contribution < -0.4 is 18.9 Å². The Kier molecular flexibility index (Phi) is 15.7. The van der Waals surface area contributed by atoms with E-state index in [2.05, 4.69) is 43.8 Å². The number of ether oxygens (including phenoxy) is 4. The van der Waals surface area contributed by atoms with Crippen LogP contribution in [0.25, 0.3) is 0 Å². The smallest absolute Gasteiger partial charge is 0.335 e. The topological polar surface area (TPSA) is 267 Å². The van der Waals surface area contributed by atoms with Crippen molar-refractivity contribution in [2.45, 2.75) is 30.4 Å². The summed E-state index contributed by atoms with van der Waals surface area (Å²) in [6.07, 6.45) is 10.2. The van der Waals surface area contributed by atoms with Crippen LogP contribution in [-0.4, -0.2) is 91.9 Å². The molecule has 4 aromatic carbocycles. The molecular formula is C37H38N8O12S2. The van der Waals surface area contributed by atoms with Crippen molar-refractivity contribution >= 4 is 31.6 Å². The second kappa shape index (κ2) is 20.2.